The highest BCUT2D eigenvalue weighted by Gasteiger charge is 2.42. The molecule has 0 saturated heterocycles. The standard InChI is InChI=1S/C14H24F3N3/c1-18-13(20-12-6-3-7-12)19-9-10-4-2-5-11(8-10)14(15,16)17/h10-12H,2-9H2,1H3,(H2,18,19,20). The van der Waals surface area contributed by atoms with Crippen molar-refractivity contribution in [1.29, 1.82) is 0 Å². The Hall–Kier alpha value is -0.940. The van der Waals surface area contributed by atoms with E-state index in [1.165, 1.54) is 6.42 Å². The van der Waals surface area contributed by atoms with Crippen molar-refractivity contribution in [3.8, 4) is 0 Å². The maximum Gasteiger partial charge on any atom is 0.391 e. The molecule has 2 unspecified atom stereocenters. The molecule has 2 aliphatic carbocycles. The monoisotopic (exact) mass is 291 g/mol. The van der Waals surface area contributed by atoms with Gasteiger partial charge in [-0.25, -0.2) is 0 Å². The zero-order valence-corrected chi connectivity index (χ0v) is 12.0. The van der Waals surface area contributed by atoms with Crippen molar-refractivity contribution in [3.63, 3.8) is 0 Å². The molecule has 0 bridgehead atoms. The van der Waals surface area contributed by atoms with Crippen LogP contribution >= 0.6 is 0 Å². The second-order valence-corrected chi connectivity index (χ2v) is 6.00. The van der Waals surface area contributed by atoms with Crippen LogP contribution in [0.5, 0.6) is 0 Å². The van der Waals surface area contributed by atoms with Crippen molar-refractivity contribution >= 4 is 5.96 Å². The van der Waals surface area contributed by atoms with E-state index in [1.807, 2.05) is 0 Å². The van der Waals surface area contributed by atoms with Crippen LogP contribution in [0.25, 0.3) is 0 Å². The molecule has 2 rings (SSSR count). The Labute approximate surface area is 118 Å². The summed E-state index contributed by atoms with van der Waals surface area (Å²) in [5, 5.41) is 6.48. The van der Waals surface area contributed by atoms with E-state index in [9.17, 15) is 13.2 Å². The van der Waals surface area contributed by atoms with E-state index in [-0.39, 0.29) is 18.8 Å². The van der Waals surface area contributed by atoms with Gasteiger partial charge in [0.15, 0.2) is 5.96 Å². The van der Waals surface area contributed by atoms with Gasteiger partial charge in [-0.15, -0.1) is 0 Å². The predicted molar refractivity (Wildman–Crippen MR) is 73.6 cm³/mol. The van der Waals surface area contributed by atoms with Crippen LogP contribution in [0.2, 0.25) is 0 Å². The van der Waals surface area contributed by atoms with Gasteiger partial charge in [0.2, 0.25) is 0 Å². The molecule has 0 aliphatic heterocycles. The van der Waals surface area contributed by atoms with Gasteiger partial charge in [0, 0.05) is 19.6 Å². The van der Waals surface area contributed by atoms with Crippen LogP contribution in [-0.2, 0) is 0 Å². The van der Waals surface area contributed by atoms with E-state index < -0.39 is 12.1 Å². The smallest absolute Gasteiger partial charge is 0.356 e. The number of alkyl halides is 3. The molecule has 6 heteroatoms. The first-order valence-corrected chi connectivity index (χ1v) is 7.53. The number of guanidine groups is 1. The third-order valence-electron chi connectivity index (χ3n) is 4.47. The fraction of sp³-hybridized carbons (Fsp3) is 0.929. The summed E-state index contributed by atoms with van der Waals surface area (Å²) >= 11 is 0. The summed E-state index contributed by atoms with van der Waals surface area (Å²) in [6, 6.07) is 0.482. The molecule has 0 spiro atoms. The molecule has 0 heterocycles. The van der Waals surface area contributed by atoms with Gasteiger partial charge in [0.1, 0.15) is 0 Å². The van der Waals surface area contributed by atoms with Gasteiger partial charge in [-0.2, -0.15) is 13.2 Å². The summed E-state index contributed by atoms with van der Waals surface area (Å²) in [6.45, 7) is 0.582. The minimum Gasteiger partial charge on any atom is -0.356 e. The van der Waals surface area contributed by atoms with Crippen LogP contribution in [0.15, 0.2) is 4.99 Å². The van der Waals surface area contributed by atoms with Crippen LogP contribution in [0.4, 0.5) is 13.2 Å². The molecule has 0 amide bonds. The van der Waals surface area contributed by atoms with Crippen LogP contribution < -0.4 is 10.6 Å². The number of rotatable bonds is 3. The van der Waals surface area contributed by atoms with Crippen molar-refractivity contribution < 1.29 is 13.2 Å². The lowest BCUT2D eigenvalue weighted by Gasteiger charge is -2.32. The SMILES string of the molecule is CN=C(NCC1CCCC(C(F)(F)F)C1)NC1CCC1. The van der Waals surface area contributed by atoms with Crippen LogP contribution in [0.3, 0.4) is 0 Å². The molecule has 2 atom stereocenters. The molecule has 0 aromatic carbocycles. The number of nitrogens with zero attached hydrogens (tertiary/aromatic N) is 1. The summed E-state index contributed by atoms with van der Waals surface area (Å²) in [7, 11) is 1.70. The number of hydrogen-bond acceptors (Lipinski definition) is 1. The van der Waals surface area contributed by atoms with E-state index in [0.717, 1.165) is 25.2 Å². The second-order valence-electron chi connectivity index (χ2n) is 6.00. The van der Waals surface area contributed by atoms with Gasteiger partial charge in [-0.05, 0) is 44.4 Å². The first-order chi connectivity index (χ1) is 9.49. The molecule has 2 saturated carbocycles. The van der Waals surface area contributed by atoms with Crippen molar-refractivity contribution in [3.05, 3.63) is 0 Å². The minimum atomic E-state index is -4.04. The number of hydrogen-bond donors (Lipinski definition) is 2. The van der Waals surface area contributed by atoms with Gasteiger partial charge >= 0.3 is 6.18 Å². The van der Waals surface area contributed by atoms with Crippen LogP contribution in [0.1, 0.15) is 44.9 Å². The maximum absolute atomic E-state index is 12.7. The summed E-state index contributed by atoms with van der Waals surface area (Å²) < 4.78 is 38.2. The molecule has 2 aliphatic rings. The first kappa shape index (κ1) is 15.4. The Morgan fingerprint density at radius 2 is 1.85 bits per heavy atom. The van der Waals surface area contributed by atoms with Crippen molar-refractivity contribution in [2.45, 2.75) is 57.2 Å². The number of aliphatic imine (C=N–C) groups is 1. The fourth-order valence-electron chi connectivity index (χ4n) is 2.96. The van der Waals surface area contributed by atoms with Gasteiger partial charge in [-0.1, -0.05) is 6.42 Å². The molecule has 0 aromatic rings. The van der Waals surface area contributed by atoms with E-state index in [1.54, 1.807) is 7.05 Å². The topological polar surface area (TPSA) is 36.4 Å². The Kier molecular flexibility index (Phi) is 5.16. The average Bonchev–Trinajstić information content (AvgIpc) is 2.36. The predicted octanol–water partition coefficient (Wildman–Crippen LogP) is 3.07. The number of nitrogens with one attached hydrogen (secondary N) is 2. The first-order valence-electron chi connectivity index (χ1n) is 7.53. The molecule has 20 heavy (non-hydrogen) atoms. The van der Waals surface area contributed by atoms with Crippen molar-refractivity contribution in [2.24, 2.45) is 16.8 Å². The van der Waals surface area contributed by atoms with Crippen molar-refractivity contribution in [2.75, 3.05) is 13.6 Å². The van der Waals surface area contributed by atoms with Gasteiger partial charge in [0.05, 0.1) is 5.92 Å². The molecule has 2 N–H and O–H groups in total. The van der Waals surface area contributed by atoms with E-state index in [0.29, 0.717) is 19.0 Å². The molecule has 0 aromatic heterocycles. The third kappa shape index (κ3) is 4.28. The normalized spacial score (nSPS) is 28.9. The molecule has 3 nitrogen and oxygen atoms in total. The minimum absolute atomic E-state index is 0.0929. The highest BCUT2D eigenvalue weighted by molar-refractivity contribution is 5.80. The fourth-order valence-corrected chi connectivity index (χ4v) is 2.96. The summed E-state index contributed by atoms with van der Waals surface area (Å²) in [6.07, 6.45) is 1.59. The lowest BCUT2D eigenvalue weighted by Crippen LogP contribution is -2.47. The lowest BCUT2D eigenvalue weighted by molar-refractivity contribution is -0.185. The summed E-state index contributed by atoms with van der Waals surface area (Å²) in [4.78, 5) is 4.13. The van der Waals surface area contributed by atoms with E-state index >= 15 is 0 Å². The van der Waals surface area contributed by atoms with E-state index in [2.05, 4.69) is 15.6 Å². The Balaban J connectivity index is 1.74. The molecule has 0 radical (unpaired) electrons. The van der Waals surface area contributed by atoms with E-state index in [4.69, 9.17) is 0 Å². The quantitative estimate of drug-likeness (QED) is 0.619. The summed E-state index contributed by atoms with van der Waals surface area (Å²) in [5.41, 5.74) is 0. The molecule has 116 valence electrons. The highest BCUT2D eigenvalue weighted by atomic mass is 19.4. The van der Waals surface area contributed by atoms with Gasteiger partial charge in [-0.3, -0.25) is 4.99 Å². The zero-order valence-electron chi connectivity index (χ0n) is 12.0. The number of halogens is 3. The molecule has 2 fully saturated rings. The Morgan fingerprint density at radius 3 is 2.40 bits per heavy atom. The maximum atomic E-state index is 12.7. The van der Waals surface area contributed by atoms with Crippen molar-refractivity contribution in [1.82, 2.24) is 10.6 Å². The lowest BCUT2D eigenvalue weighted by atomic mass is 9.81. The van der Waals surface area contributed by atoms with Gasteiger partial charge in [0.25, 0.3) is 0 Å². The van der Waals surface area contributed by atoms with Crippen LogP contribution in [0, 0.1) is 11.8 Å². The third-order valence-corrected chi connectivity index (χ3v) is 4.47. The highest BCUT2D eigenvalue weighted by Crippen LogP contribution is 2.39. The summed E-state index contributed by atoms with van der Waals surface area (Å²) in [5.74, 6) is -0.302. The molecular formula is C14H24F3N3. The largest absolute Gasteiger partial charge is 0.391 e. The Morgan fingerprint density at radius 1 is 1.15 bits per heavy atom. The molecular weight excluding hydrogens is 267 g/mol. The Bertz CT molecular complexity index is 337. The second kappa shape index (κ2) is 6.68. The average molecular weight is 291 g/mol. The van der Waals surface area contributed by atoms with Crippen LogP contribution in [-0.4, -0.2) is 31.8 Å². The van der Waals surface area contributed by atoms with Gasteiger partial charge < -0.3 is 10.6 Å². The zero-order chi connectivity index (χ0) is 14.6.